The lowest BCUT2D eigenvalue weighted by Gasteiger charge is -2.19. The maximum Gasteiger partial charge on any atom is 0.514 e. The Balaban J connectivity index is 1.27. The first kappa shape index (κ1) is 30.6. The van der Waals surface area contributed by atoms with Gasteiger partial charge >= 0.3 is 6.16 Å². The molecule has 0 spiro atoms. The van der Waals surface area contributed by atoms with E-state index in [1.165, 1.54) is 36.8 Å². The first-order chi connectivity index (χ1) is 21.7. The summed E-state index contributed by atoms with van der Waals surface area (Å²) in [5.74, 6) is 2.34. The molecule has 1 saturated carbocycles. The van der Waals surface area contributed by atoms with Gasteiger partial charge in [0.1, 0.15) is 17.2 Å². The third kappa shape index (κ3) is 7.14. The molecule has 1 aliphatic carbocycles. The van der Waals surface area contributed by atoms with Crippen LogP contribution in [0.15, 0.2) is 73.2 Å². The highest BCUT2D eigenvalue weighted by molar-refractivity contribution is 5.85. The zero-order chi connectivity index (χ0) is 31.6. The summed E-state index contributed by atoms with van der Waals surface area (Å²) < 4.78 is 15.6. The Morgan fingerprint density at radius 1 is 1.00 bits per heavy atom. The molecule has 2 aromatic heterocycles. The molecule has 1 aliphatic rings. The maximum absolute atomic E-state index is 12.4. The predicted octanol–water partition coefficient (Wildman–Crippen LogP) is 9.38. The van der Waals surface area contributed by atoms with Gasteiger partial charge in [-0.25, -0.2) is 14.8 Å². The van der Waals surface area contributed by atoms with Gasteiger partial charge in [0.05, 0.1) is 23.1 Å². The molecule has 2 heterocycles. The highest BCUT2D eigenvalue weighted by Gasteiger charge is 2.20. The molecule has 3 aromatic carbocycles. The van der Waals surface area contributed by atoms with Crippen LogP contribution >= 0.6 is 0 Å². The largest absolute Gasteiger partial charge is 0.514 e. The van der Waals surface area contributed by atoms with E-state index >= 15 is 0 Å². The Kier molecular flexibility index (Phi) is 8.79. The fraction of sp³-hybridized carbons (Fsp3) is 0.395. The van der Waals surface area contributed by atoms with Crippen LogP contribution in [0.25, 0.3) is 33.4 Å². The number of fused-ring (bicyclic) bond motifs is 1. The SMILES string of the molecule is CCCc1nc2c(C)cc(-c3cn(CC4CCCC4)cn3)cc2n1Cc1ccc(-c2ccccc2OC(=O)OC(C)(C)C)cc1. The number of hydrogen-bond donors (Lipinski definition) is 0. The summed E-state index contributed by atoms with van der Waals surface area (Å²) >= 11 is 0. The average molecular weight is 605 g/mol. The lowest BCUT2D eigenvalue weighted by molar-refractivity contribution is 0.0207. The van der Waals surface area contributed by atoms with Crippen LogP contribution in [0.1, 0.15) is 76.8 Å². The maximum atomic E-state index is 12.4. The molecule has 5 aromatic rings. The molecule has 1 fully saturated rings. The van der Waals surface area contributed by atoms with Crippen LogP contribution in [0, 0.1) is 12.8 Å². The topological polar surface area (TPSA) is 71.2 Å². The van der Waals surface area contributed by atoms with Crippen LogP contribution in [0.4, 0.5) is 4.79 Å². The molecule has 6 rings (SSSR count). The summed E-state index contributed by atoms with van der Waals surface area (Å²) in [4.78, 5) is 22.3. The minimum atomic E-state index is -0.711. The summed E-state index contributed by atoms with van der Waals surface area (Å²) in [5.41, 5.74) is 7.85. The molecule has 0 atom stereocenters. The molecule has 0 saturated heterocycles. The summed E-state index contributed by atoms with van der Waals surface area (Å²) in [6.07, 6.45) is 10.8. The van der Waals surface area contributed by atoms with Crippen molar-refractivity contribution in [3.8, 4) is 28.1 Å². The zero-order valence-corrected chi connectivity index (χ0v) is 27.2. The van der Waals surface area contributed by atoms with Crippen LogP contribution in [0.3, 0.4) is 0 Å². The number of nitrogens with zero attached hydrogens (tertiary/aromatic N) is 4. The lowest BCUT2D eigenvalue weighted by atomic mass is 10.0. The lowest BCUT2D eigenvalue weighted by Crippen LogP contribution is -2.26. The van der Waals surface area contributed by atoms with Gasteiger partial charge in [-0.05, 0) is 87.8 Å². The van der Waals surface area contributed by atoms with Crippen LogP contribution < -0.4 is 4.74 Å². The number of benzene rings is 3. The number of hydrogen-bond acceptors (Lipinski definition) is 5. The summed E-state index contributed by atoms with van der Waals surface area (Å²) in [6.45, 7) is 11.6. The van der Waals surface area contributed by atoms with Gasteiger partial charge in [-0.15, -0.1) is 0 Å². The van der Waals surface area contributed by atoms with E-state index in [1.54, 1.807) is 6.07 Å². The summed E-state index contributed by atoms with van der Waals surface area (Å²) in [7, 11) is 0. The van der Waals surface area contributed by atoms with Gasteiger partial charge in [-0.1, -0.05) is 62.2 Å². The molecule has 0 N–H and O–H groups in total. The minimum Gasteiger partial charge on any atom is -0.428 e. The number of carbonyl (C=O) groups is 1. The average Bonchev–Trinajstić information content (AvgIpc) is 3.75. The Bertz CT molecular complexity index is 1790. The number of aromatic nitrogens is 4. The first-order valence-electron chi connectivity index (χ1n) is 16.3. The minimum absolute atomic E-state index is 0.471. The molecular weight excluding hydrogens is 560 g/mol. The Hall–Kier alpha value is -4.39. The molecule has 7 heteroatoms. The van der Waals surface area contributed by atoms with E-state index in [0.717, 1.165) is 64.5 Å². The standard InChI is InChI=1S/C38H44N4O3/c1-6-11-35-40-36-26(2)20-30(32-24-41(25-39-32)22-27-12-7-8-13-27)21-33(36)42(35)23-28-16-18-29(19-17-28)31-14-9-10-15-34(31)44-37(43)45-38(3,4)5/h9-10,14-21,24-25,27H,6-8,11-13,22-23H2,1-5H3. The van der Waals surface area contributed by atoms with Gasteiger partial charge in [0.15, 0.2) is 0 Å². The highest BCUT2D eigenvalue weighted by Crippen LogP contribution is 2.33. The molecule has 0 bridgehead atoms. The van der Waals surface area contributed by atoms with Crippen molar-refractivity contribution in [3.63, 3.8) is 0 Å². The third-order valence-corrected chi connectivity index (χ3v) is 8.55. The van der Waals surface area contributed by atoms with Gasteiger partial charge in [-0.2, -0.15) is 0 Å². The quantitative estimate of drug-likeness (QED) is 0.124. The van der Waals surface area contributed by atoms with Crippen molar-refractivity contribution in [1.82, 2.24) is 19.1 Å². The Labute approximate surface area is 266 Å². The van der Waals surface area contributed by atoms with Crippen LogP contribution in [0.2, 0.25) is 0 Å². The monoisotopic (exact) mass is 604 g/mol. The van der Waals surface area contributed by atoms with Gasteiger partial charge < -0.3 is 18.6 Å². The van der Waals surface area contributed by atoms with Gasteiger partial charge in [0.25, 0.3) is 0 Å². The predicted molar refractivity (Wildman–Crippen MR) is 179 cm³/mol. The van der Waals surface area contributed by atoms with Crippen molar-refractivity contribution in [2.45, 2.75) is 91.8 Å². The number of rotatable bonds is 9. The van der Waals surface area contributed by atoms with Crippen molar-refractivity contribution in [2.24, 2.45) is 5.92 Å². The number of aryl methyl sites for hydroxylation is 2. The molecule has 45 heavy (non-hydrogen) atoms. The van der Waals surface area contributed by atoms with Crippen LogP contribution in [-0.2, 0) is 24.2 Å². The summed E-state index contributed by atoms with van der Waals surface area (Å²) in [5, 5.41) is 0. The number of imidazole rings is 2. The van der Waals surface area contributed by atoms with E-state index < -0.39 is 11.8 Å². The van der Waals surface area contributed by atoms with E-state index in [4.69, 9.17) is 19.4 Å². The van der Waals surface area contributed by atoms with Crippen LogP contribution in [0.5, 0.6) is 5.75 Å². The first-order valence-corrected chi connectivity index (χ1v) is 16.3. The van der Waals surface area contributed by atoms with Crippen molar-refractivity contribution in [2.75, 3.05) is 0 Å². The van der Waals surface area contributed by atoms with E-state index in [0.29, 0.717) is 12.3 Å². The van der Waals surface area contributed by atoms with E-state index in [9.17, 15) is 4.79 Å². The molecule has 0 radical (unpaired) electrons. The smallest absolute Gasteiger partial charge is 0.428 e. The third-order valence-electron chi connectivity index (χ3n) is 8.55. The second kappa shape index (κ2) is 12.9. The highest BCUT2D eigenvalue weighted by atomic mass is 16.7. The number of carbonyl (C=O) groups excluding carboxylic acids is 1. The molecular formula is C38H44N4O3. The Morgan fingerprint density at radius 2 is 1.76 bits per heavy atom. The molecule has 0 aliphatic heterocycles. The van der Waals surface area contributed by atoms with E-state index in [2.05, 4.69) is 65.6 Å². The fourth-order valence-electron chi connectivity index (χ4n) is 6.41. The second-order valence-electron chi connectivity index (χ2n) is 13.4. The van der Waals surface area contributed by atoms with Gasteiger partial charge in [0, 0.05) is 36.8 Å². The molecule has 0 amide bonds. The molecule has 7 nitrogen and oxygen atoms in total. The van der Waals surface area contributed by atoms with Crippen LogP contribution in [-0.4, -0.2) is 30.9 Å². The molecule has 234 valence electrons. The zero-order valence-electron chi connectivity index (χ0n) is 27.2. The van der Waals surface area contributed by atoms with E-state index in [-0.39, 0.29) is 0 Å². The summed E-state index contributed by atoms with van der Waals surface area (Å²) in [6, 6.07) is 20.5. The van der Waals surface area contributed by atoms with Crippen molar-refractivity contribution in [1.29, 1.82) is 0 Å². The molecule has 0 unspecified atom stereocenters. The van der Waals surface area contributed by atoms with E-state index in [1.807, 2.05) is 45.3 Å². The van der Waals surface area contributed by atoms with Gasteiger partial charge in [0.2, 0.25) is 0 Å². The van der Waals surface area contributed by atoms with Gasteiger partial charge in [-0.3, -0.25) is 0 Å². The Morgan fingerprint density at radius 3 is 2.49 bits per heavy atom. The number of para-hydroxylation sites is 1. The second-order valence-corrected chi connectivity index (χ2v) is 13.4. The fourth-order valence-corrected chi connectivity index (χ4v) is 6.41. The van der Waals surface area contributed by atoms with Crippen molar-refractivity contribution >= 4 is 17.2 Å². The number of ether oxygens (including phenoxy) is 2. The van der Waals surface area contributed by atoms with Crippen molar-refractivity contribution in [3.05, 3.63) is 90.1 Å². The normalized spacial score (nSPS) is 13.9. The van der Waals surface area contributed by atoms with Crippen molar-refractivity contribution < 1.29 is 14.3 Å².